The monoisotopic (exact) mass is 288 g/mol. The van der Waals surface area contributed by atoms with Crippen molar-refractivity contribution in [3.05, 3.63) is 53.2 Å². The molecule has 1 aromatic carbocycles. The van der Waals surface area contributed by atoms with Crippen molar-refractivity contribution in [2.45, 2.75) is 0 Å². The zero-order valence-corrected chi connectivity index (χ0v) is 10.9. The summed E-state index contributed by atoms with van der Waals surface area (Å²) in [6.07, 6.45) is 1.26. The van der Waals surface area contributed by atoms with Gasteiger partial charge in [-0.1, -0.05) is 6.07 Å². The lowest BCUT2D eigenvalue weighted by molar-refractivity contribution is 0.102. The molecule has 0 atom stereocenters. The first kappa shape index (κ1) is 14.4. The van der Waals surface area contributed by atoms with Gasteiger partial charge in [0.25, 0.3) is 5.91 Å². The van der Waals surface area contributed by atoms with Crippen LogP contribution in [-0.4, -0.2) is 17.9 Å². The number of benzene rings is 1. The molecule has 0 radical (unpaired) electrons. The molecule has 21 heavy (non-hydrogen) atoms. The topological polar surface area (TPSA) is 77.8 Å². The summed E-state index contributed by atoms with van der Waals surface area (Å²) in [7, 11) is 1.47. The molecule has 0 unspecified atom stereocenters. The number of nitrogens with zero attached hydrogens (tertiary/aromatic N) is 2. The number of hydrogen-bond acceptors (Lipinski definition) is 4. The molecule has 0 fully saturated rings. The van der Waals surface area contributed by atoms with Gasteiger partial charge in [0.1, 0.15) is 17.4 Å². The molecule has 0 saturated heterocycles. The predicted octanol–water partition coefficient (Wildman–Crippen LogP) is 2.53. The Morgan fingerprint density at radius 2 is 2.10 bits per heavy atom. The van der Waals surface area contributed by atoms with Crippen molar-refractivity contribution in [2.24, 2.45) is 0 Å². The molecule has 0 spiro atoms. The minimum absolute atomic E-state index is 0.0234. The van der Waals surface area contributed by atoms with E-state index >= 15 is 0 Å². The maximum atomic E-state index is 14.0. The lowest BCUT2D eigenvalue weighted by atomic mass is 10.1. The number of anilines is 2. The normalized spacial score (nSPS) is 9.81. The smallest absolute Gasteiger partial charge is 0.258 e. The van der Waals surface area contributed by atoms with Gasteiger partial charge < -0.3 is 10.6 Å². The third-order valence-electron chi connectivity index (χ3n) is 2.74. The van der Waals surface area contributed by atoms with Gasteiger partial charge in [0, 0.05) is 13.2 Å². The van der Waals surface area contributed by atoms with Crippen LogP contribution in [0.4, 0.5) is 20.3 Å². The number of carbonyl (C=O) groups excluding carboxylic acids is 1. The van der Waals surface area contributed by atoms with Crippen LogP contribution >= 0.6 is 0 Å². The van der Waals surface area contributed by atoms with E-state index in [0.29, 0.717) is 0 Å². The van der Waals surface area contributed by atoms with Crippen LogP contribution in [-0.2, 0) is 0 Å². The molecule has 0 aliphatic heterocycles. The highest BCUT2D eigenvalue weighted by Gasteiger charge is 2.17. The van der Waals surface area contributed by atoms with E-state index in [9.17, 15) is 13.6 Å². The van der Waals surface area contributed by atoms with Gasteiger partial charge in [0.2, 0.25) is 0 Å². The summed E-state index contributed by atoms with van der Waals surface area (Å²) < 4.78 is 27.4. The molecule has 5 nitrogen and oxygen atoms in total. The number of carbonyl (C=O) groups is 1. The van der Waals surface area contributed by atoms with Gasteiger partial charge in [0.15, 0.2) is 11.6 Å². The van der Waals surface area contributed by atoms with Crippen molar-refractivity contribution >= 4 is 17.4 Å². The predicted molar refractivity (Wildman–Crippen MR) is 72.8 cm³/mol. The van der Waals surface area contributed by atoms with Gasteiger partial charge in [-0.2, -0.15) is 5.26 Å². The largest absolute Gasteiger partial charge is 0.371 e. The molecule has 7 heteroatoms. The number of nitriles is 1. The molecule has 2 N–H and O–H groups in total. The van der Waals surface area contributed by atoms with E-state index in [-0.39, 0.29) is 22.6 Å². The Labute approximate surface area is 119 Å². The fourth-order valence-corrected chi connectivity index (χ4v) is 1.72. The average molecular weight is 288 g/mol. The third-order valence-corrected chi connectivity index (χ3v) is 2.74. The van der Waals surface area contributed by atoms with Crippen LogP contribution in [0.5, 0.6) is 0 Å². The highest BCUT2D eigenvalue weighted by molar-refractivity contribution is 6.05. The zero-order valence-electron chi connectivity index (χ0n) is 10.9. The van der Waals surface area contributed by atoms with Crippen molar-refractivity contribution in [1.82, 2.24) is 4.98 Å². The summed E-state index contributed by atoms with van der Waals surface area (Å²) in [5, 5.41) is 13.7. The van der Waals surface area contributed by atoms with Crippen LogP contribution in [0.2, 0.25) is 0 Å². The van der Waals surface area contributed by atoms with E-state index in [0.717, 1.165) is 6.07 Å². The number of rotatable bonds is 3. The van der Waals surface area contributed by atoms with E-state index in [1.807, 2.05) is 0 Å². The van der Waals surface area contributed by atoms with Gasteiger partial charge in [-0.3, -0.25) is 4.79 Å². The van der Waals surface area contributed by atoms with Crippen LogP contribution < -0.4 is 10.6 Å². The van der Waals surface area contributed by atoms with Gasteiger partial charge in [0.05, 0.1) is 11.3 Å². The van der Waals surface area contributed by atoms with E-state index < -0.39 is 17.5 Å². The molecule has 1 amide bonds. The Bertz CT molecular complexity index is 740. The fourth-order valence-electron chi connectivity index (χ4n) is 1.72. The van der Waals surface area contributed by atoms with Crippen molar-refractivity contribution in [3.63, 3.8) is 0 Å². The van der Waals surface area contributed by atoms with E-state index in [2.05, 4.69) is 15.6 Å². The molecule has 0 saturated carbocycles. The van der Waals surface area contributed by atoms with Crippen molar-refractivity contribution < 1.29 is 13.6 Å². The lowest BCUT2D eigenvalue weighted by Gasteiger charge is -2.09. The first-order valence-electron chi connectivity index (χ1n) is 5.90. The second-order valence-corrected chi connectivity index (χ2v) is 4.00. The molecule has 0 aliphatic carbocycles. The molecular weight excluding hydrogens is 278 g/mol. The molecule has 0 bridgehead atoms. The molecule has 106 valence electrons. The second kappa shape index (κ2) is 5.96. The fraction of sp³-hybridized carbons (Fsp3) is 0.0714. The van der Waals surface area contributed by atoms with Gasteiger partial charge in [-0.05, 0) is 18.2 Å². The molecule has 1 aromatic heterocycles. The second-order valence-electron chi connectivity index (χ2n) is 4.00. The Hall–Kier alpha value is -3.01. The Morgan fingerprint density at radius 1 is 1.33 bits per heavy atom. The van der Waals surface area contributed by atoms with Crippen LogP contribution in [0, 0.1) is 23.0 Å². The van der Waals surface area contributed by atoms with E-state index in [1.165, 1.54) is 31.4 Å². The molecule has 2 rings (SSSR count). The number of aromatic nitrogens is 1. The van der Waals surface area contributed by atoms with Gasteiger partial charge in [-0.15, -0.1) is 0 Å². The number of nitrogens with one attached hydrogen (secondary N) is 2. The average Bonchev–Trinajstić information content (AvgIpc) is 2.47. The quantitative estimate of drug-likeness (QED) is 0.909. The summed E-state index contributed by atoms with van der Waals surface area (Å²) >= 11 is 0. The summed E-state index contributed by atoms with van der Waals surface area (Å²) in [6.45, 7) is 0. The minimum Gasteiger partial charge on any atom is -0.371 e. The number of amides is 1. The van der Waals surface area contributed by atoms with Crippen LogP contribution in [0.3, 0.4) is 0 Å². The Morgan fingerprint density at radius 3 is 2.76 bits per heavy atom. The molecule has 0 aliphatic rings. The van der Waals surface area contributed by atoms with Crippen LogP contribution in [0.15, 0.2) is 30.5 Å². The lowest BCUT2D eigenvalue weighted by Crippen LogP contribution is -2.16. The first-order valence-corrected chi connectivity index (χ1v) is 5.90. The third kappa shape index (κ3) is 2.79. The maximum absolute atomic E-state index is 14.0. The zero-order chi connectivity index (χ0) is 15.4. The van der Waals surface area contributed by atoms with Crippen LogP contribution in [0.1, 0.15) is 15.9 Å². The van der Waals surface area contributed by atoms with E-state index in [1.54, 1.807) is 6.07 Å². The van der Waals surface area contributed by atoms with Crippen molar-refractivity contribution in [2.75, 3.05) is 17.7 Å². The number of pyridine rings is 1. The number of hydrogen-bond donors (Lipinski definition) is 2. The first-order chi connectivity index (χ1) is 10.1. The highest BCUT2D eigenvalue weighted by atomic mass is 19.1. The SMILES string of the molecule is CNc1nccc(C(=O)Nc2cccc(F)c2C#N)c1F. The summed E-state index contributed by atoms with van der Waals surface area (Å²) in [5.41, 5.74) is -0.596. The van der Waals surface area contributed by atoms with E-state index in [4.69, 9.17) is 5.26 Å². The highest BCUT2D eigenvalue weighted by Crippen LogP contribution is 2.20. The Balaban J connectivity index is 2.36. The standard InChI is InChI=1S/C14H10F2N4O/c1-18-13-12(16)8(5-6-19-13)14(21)20-11-4-2-3-10(15)9(11)7-17/h2-6H,1H3,(H,18,19)(H,20,21). The molecule has 1 heterocycles. The number of halogens is 2. The Kier molecular flexibility index (Phi) is 4.09. The minimum atomic E-state index is -0.826. The van der Waals surface area contributed by atoms with Crippen molar-refractivity contribution in [3.8, 4) is 6.07 Å². The maximum Gasteiger partial charge on any atom is 0.258 e. The summed E-state index contributed by atoms with van der Waals surface area (Å²) in [5.74, 6) is -2.47. The van der Waals surface area contributed by atoms with Gasteiger partial charge in [-0.25, -0.2) is 13.8 Å². The summed E-state index contributed by atoms with van der Waals surface area (Å²) in [4.78, 5) is 15.8. The molecular formula is C14H10F2N4O. The van der Waals surface area contributed by atoms with Gasteiger partial charge >= 0.3 is 0 Å². The summed E-state index contributed by atoms with van der Waals surface area (Å²) in [6, 6.07) is 6.64. The molecule has 2 aromatic rings. The van der Waals surface area contributed by atoms with Crippen LogP contribution in [0.25, 0.3) is 0 Å². The van der Waals surface area contributed by atoms with Crippen molar-refractivity contribution in [1.29, 1.82) is 5.26 Å².